The van der Waals surface area contributed by atoms with Gasteiger partial charge in [0.05, 0.1) is 39.6 Å². The molecular formula is C19H39N3O4. The fraction of sp³-hybridized carbons (Fsp3) is 0.947. The molecule has 1 fully saturated rings. The number of hydrogen-bond acceptors (Lipinski definition) is 6. The zero-order valence-corrected chi connectivity index (χ0v) is 16.7. The lowest BCUT2D eigenvalue weighted by atomic mass is 10.1. The van der Waals surface area contributed by atoms with E-state index in [0.29, 0.717) is 45.6 Å². The summed E-state index contributed by atoms with van der Waals surface area (Å²) in [4.78, 5) is 14.1. The zero-order chi connectivity index (χ0) is 19.0. The predicted octanol–water partition coefficient (Wildman–Crippen LogP) is 1.01. The van der Waals surface area contributed by atoms with Crippen LogP contribution in [-0.4, -0.2) is 82.7 Å². The van der Waals surface area contributed by atoms with Gasteiger partial charge in [0.15, 0.2) is 0 Å². The van der Waals surface area contributed by atoms with Crippen molar-refractivity contribution in [3.63, 3.8) is 0 Å². The van der Waals surface area contributed by atoms with Gasteiger partial charge in [0, 0.05) is 25.0 Å². The summed E-state index contributed by atoms with van der Waals surface area (Å²) in [5, 5.41) is 2.89. The van der Waals surface area contributed by atoms with Crippen LogP contribution in [0.25, 0.3) is 0 Å². The number of piperidine rings is 1. The summed E-state index contributed by atoms with van der Waals surface area (Å²) in [7, 11) is 0. The second kappa shape index (κ2) is 15.3. The molecular weight excluding hydrogens is 334 g/mol. The molecule has 1 unspecified atom stereocenters. The highest BCUT2D eigenvalue weighted by molar-refractivity contribution is 5.78. The summed E-state index contributed by atoms with van der Waals surface area (Å²) >= 11 is 0. The highest BCUT2D eigenvalue weighted by Gasteiger charge is 2.15. The number of carbonyl (C=O) groups is 1. The molecule has 1 heterocycles. The van der Waals surface area contributed by atoms with Gasteiger partial charge in [0.1, 0.15) is 0 Å². The minimum atomic E-state index is 0.0795. The molecule has 154 valence electrons. The topological polar surface area (TPSA) is 86.1 Å². The number of rotatable bonds is 15. The van der Waals surface area contributed by atoms with Crippen LogP contribution in [0.15, 0.2) is 0 Å². The first-order valence-corrected chi connectivity index (χ1v) is 10.1. The van der Waals surface area contributed by atoms with Crippen molar-refractivity contribution in [2.24, 2.45) is 11.7 Å². The second-order valence-electron chi connectivity index (χ2n) is 7.00. The number of likely N-dealkylation sites (tertiary alicyclic amines) is 1. The van der Waals surface area contributed by atoms with Crippen LogP contribution in [0.5, 0.6) is 0 Å². The number of nitrogens with one attached hydrogen (secondary N) is 1. The predicted molar refractivity (Wildman–Crippen MR) is 103 cm³/mol. The van der Waals surface area contributed by atoms with Gasteiger partial charge in [-0.2, -0.15) is 0 Å². The van der Waals surface area contributed by atoms with Gasteiger partial charge in [0.25, 0.3) is 0 Å². The standard InChI is InChI=1S/C19H39N3O4/c1-3-4-17(2)19(23)21-7-11-24-13-15-26-16-14-25-12-10-22-8-5-18(20)6-9-22/h17-18H,3-16,20H2,1-2H3,(H,21,23). The van der Waals surface area contributed by atoms with E-state index in [2.05, 4.69) is 17.1 Å². The molecule has 1 atom stereocenters. The van der Waals surface area contributed by atoms with Crippen molar-refractivity contribution in [3.8, 4) is 0 Å². The highest BCUT2D eigenvalue weighted by Crippen LogP contribution is 2.07. The number of nitrogens with zero attached hydrogens (tertiary/aromatic N) is 1. The first-order valence-electron chi connectivity index (χ1n) is 10.1. The van der Waals surface area contributed by atoms with Crippen LogP contribution < -0.4 is 11.1 Å². The second-order valence-corrected chi connectivity index (χ2v) is 7.00. The summed E-state index contributed by atoms with van der Waals surface area (Å²) in [5.74, 6) is 0.187. The molecule has 0 aromatic heterocycles. The van der Waals surface area contributed by atoms with E-state index in [-0.39, 0.29) is 11.8 Å². The summed E-state index contributed by atoms with van der Waals surface area (Å²) in [6, 6.07) is 0.378. The van der Waals surface area contributed by atoms with Crippen molar-refractivity contribution in [1.82, 2.24) is 10.2 Å². The number of ether oxygens (including phenoxy) is 3. The lowest BCUT2D eigenvalue weighted by Crippen LogP contribution is -2.41. The molecule has 1 saturated heterocycles. The van der Waals surface area contributed by atoms with Crippen molar-refractivity contribution in [1.29, 1.82) is 0 Å². The van der Waals surface area contributed by atoms with E-state index in [9.17, 15) is 4.79 Å². The molecule has 1 amide bonds. The number of amides is 1. The van der Waals surface area contributed by atoms with Gasteiger partial charge in [-0.3, -0.25) is 4.79 Å². The Morgan fingerprint density at radius 3 is 2.27 bits per heavy atom. The maximum Gasteiger partial charge on any atom is 0.222 e. The molecule has 0 aromatic rings. The van der Waals surface area contributed by atoms with Crippen LogP contribution in [0, 0.1) is 5.92 Å². The Labute approximate surface area is 158 Å². The van der Waals surface area contributed by atoms with Crippen molar-refractivity contribution < 1.29 is 19.0 Å². The average Bonchev–Trinajstić information content (AvgIpc) is 2.64. The van der Waals surface area contributed by atoms with Gasteiger partial charge in [0.2, 0.25) is 5.91 Å². The Balaban J connectivity index is 1.77. The molecule has 1 aliphatic rings. The Morgan fingerprint density at radius 1 is 1.08 bits per heavy atom. The number of hydrogen-bond donors (Lipinski definition) is 2. The fourth-order valence-electron chi connectivity index (χ4n) is 2.90. The van der Waals surface area contributed by atoms with Gasteiger partial charge in [-0.1, -0.05) is 20.3 Å². The van der Waals surface area contributed by atoms with Gasteiger partial charge in [-0.25, -0.2) is 0 Å². The molecule has 1 aliphatic heterocycles. The SMILES string of the molecule is CCCC(C)C(=O)NCCOCCOCCOCCN1CCC(N)CC1. The van der Waals surface area contributed by atoms with Crippen LogP contribution in [-0.2, 0) is 19.0 Å². The molecule has 1 rings (SSSR count). The van der Waals surface area contributed by atoms with Gasteiger partial charge in [-0.15, -0.1) is 0 Å². The Hall–Kier alpha value is -0.730. The van der Waals surface area contributed by atoms with Crippen LogP contribution in [0.3, 0.4) is 0 Å². The molecule has 0 aromatic carbocycles. The van der Waals surface area contributed by atoms with E-state index in [0.717, 1.165) is 51.9 Å². The van der Waals surface area contributed by atoms with E-state index < -0.39 is 0 Å². The molecule has 7 heteroatoms. The molecule has 7 nitrogen and oxygen atoms in total. The molecule has 0 aliphatic carbocycles. The van der Waals surface area contributed by atoms with Gasteiger partial charge >= 0.3 is 0 Å². The fourth-order valence-corrected chi connectivity index (χ4v) is 2.90. The zero-order valence-electron chi connectivity index (χ0n) is 16.7. The first-order chi connectivity index (χ1) is 12.6. The molecule has 0 bridgehead atoms. The highest BCUT2D eigenvalue weighted by atomic mass is 16.5. The van der Waals surface area contributed by atoms with Crippen LogP contribution in [0.4, 0.5) is 0 Å². The lowest BCUT2D eigenvalue weighted by Gasteiger charge is -2.29. The third-order valence-corrected chi connectivity index (χ3v) is 4.64. The smallest absolute Gasteiger partial charge is 0.222 e. The van der Waals surface area contributed by atoms with Crippen molar-refractivity contribution in [2.45, 2.75) is 45.6 Å². The summed E-state index contributed by atoms with van der Waals surface area (Å²) < 4.78 is 16.5. The third kappa shape index (κ3) is 11.8. The first kappa shape index (κ1) is 23.3. The van der Waals surface area contributed by atoms with E-state index in [4.69, 9.17) is 19.9 Å². The normalized spacial score (nSPS) is 17.3. The van der Waals surface area contributed by atoms with E-state index in [1.54, 1.807) is 0 Å². The largest absolute Gasteiger partial charge is 0.378 e. The Kier molecular flexibility index (Phi) is 13.8. The van der Waals surface area contributed by atoms with Crippen molar-refractivity contribution in [3.05, 3.63) is 0 Å². The maximum atomic E-state index is 11.7. The Bertz CT molecular complexity index is 350. The number of nitrogens with two attached hydrogens (primary N) is 1. The molecule has 0 saturated carbocycles. The van der Waals surface area contributed by atoms with Crippen molar-refractivity contribution >= 4 is 5.91 Å². The van der Waals surface area contributed by atoms with Crippen LogP contribution in [0.1, 0.15) is 39.5 Å². The molecule has 26 heavy (non-hydrogen) atoms. The minimum Gasteiger partial charge on any atom is -0.378 e. The quantitative estimate of drug-likeness (QED) is 0.417. The molecule has 0 radical (unpaired) electrons. The van der Waals surface area contributed by atoms with Crippen LogP contribution in [0.2, 0.25) is 0 Å². The summed E-state index contributed by atoms with van der Waals surface area (Å²) in [6.45, 7) is 11.3. The average molecular weight is 374 g/mol. The summed E-state index contributed by atoms with van der Waals surface area (Å²) in [5.41, 5.74) is 5.89. The van der Waals surface area contributed by atoms with E-state index in [1.807, 2.05) is 6.92 Å². The molecule has 3 N–H and O–H groups in total. The summed E-state index contributed by atoms with van der Waals surface area (Å²) in [6.07, 6.45) is 4.13. The van der Waals surface area contributed by atoms with Crippen LogP contribution >= 0.6 is 0 Å². The third-order valence-electron chi connectivity index (χ3n) is 4.64. The maximum absolute atomic E-state index is 11.7. The number of carbonyl (C=O) groups excluding carboxylic acids is 1. The lowest BCUT2D eigenvalue weighted by molar-refractivity contribution is -0.124. The Morgan fingerprint density at radius 2 is 1.65 bits per heavy atom. The van der Waals surface area contributed by atoms with Crippen molar-refractivity contribution in [2.75, 3.05) is 65.8 Å². The monoisotopic (exact) mass is 373 g/mol. The van der Waals surface area contributed by atoms with Gasteiger partial charge in [-0.05, 0) is 32.4 Å². The van der Waals surface area contributed by atoms with Gasteiger partial charge < -0.3 is 30.2 Å². The van der Waals surface area contributed by atoms with E-state index >= 15 is 0 Å². The molecule has 0 spiro atoms. The van der Waals surface area contributed by atoms with E-state index in [1.165, 1.54) is 0 Å². The minimum absolute atomic E-state index is 0.0795.